The van der Waals surface area contributed by atoms with E-state index in [1.165, 1.54) is 38.5 Å². The zero-order valence-corrected chi connectivity index (χ0v) is 12.7. The first-order valence-electron chi connectivity index (χ1n) is 8.67. The number of hydrogen-bond acceptors (Lipinski definition) is 2. The van der Waals surface area contributed by atoms with Crippen LogP contribution in [0.25, 0.3) is 0 Å². The predicted molar refractivity (Wildman–Crippen MR) is 79.3 cm³/mol. The van der Waals surface area contributed by atoms with E-state index in [0.717, 1.165) is 43.8 Å². The van der Waals surface area contributed by atoms with Gasteiger partial charge in [0.05, 0.1) is 6.04 Å². The third-order valence-corrected chi connectivity index (χ3v) is 6.55. The first kappa shape index (κ1) is 13.1. The molecule has 20 heavy (non-hydrogen) atoms. The molecular weight excluding hydrogens is 248 g/mol. The lowest BCUT2D eigenvalue weighted by Gasteiger charge is -2.57. The van der Waals surface area contributed by atoms with Gasteiger partial charge in [-0.3, -0.25) is 4.79 Å². The van der Waals surface area contributed by atoms with Crippen molar-refractivity contribution >= 4 is 5.91 Å². The van der Waals surface area contributed by atoms with Gasteiger partial charge in [0.15, 0.2) is 0 Å². The molecule has 4 saturated carbocycles. The Kier molecular flexibility index (Phi) is 3.10. The van der Waals surface area contributed by atoms with Gasteiger partial charge in [-0.2, -0.15) is 0 Å². The van der Waals surface area contributed by atoms with Gasteiger partial charge in [0.25, 0.3) is 0 Å². The highest BCUT2D eigenvalue weighted by Crippen LogP contribution is 2.61. The summed E-state index contributed by atoms with van der Waals surface area (Å²) in [6.07, 6.45) is 9.31. The summed E-state index contributed by atoms with van der Waals surface area (Å²) < 4.78 is 0. The van der Waals surface area contributed by atoms with Crippen LogP contribution in [0.1, 0.15) is 51.9 Å². The standard InChI is InChI=1S/C17H28N2O/c1-2-19(15-10-18-11-15)16(20)9-17-6-12-3-13(7-17)5-14(4-12)8-17/h12-15,18H,2-11H2,1H3. The number of nitrogens with zero attached hydrogens (tertiary/aromatic N) is 1. The van der Waals surface area contributed by atoms with E-state index in [9.17, 15) is 4.79 Å². The molecule has 0 radical (unpaired) electrons. The average molecular weight is 276 g/mol. The molecule has 5 rings (SSSR count). The lowest BCUT2D eigenvalue weighted by molar-refractivity contribution is -0.142. The molecule has 0 atom stereocenters. The molecule has 3 heteroatoms. The molecule has 0 aromatic rings. The van der Waals surface area contributed by atoms with E-state index in [-0.39, 0.29) is 0 Å². The van der Waals surface area contributed by atoms with Crippen molar-refractivity contribution in [1.29, 1.82) is 0 Å². The second-order valence-electron chi connectivity index (χ2n) is 8.09. The fourth-order valence-corrected chi connectivity index (χ4v) is 6.06. The molecule has 4 bridgehead atoms. The summed E-state index contributed by atoms with van der Waals surface area (Å²) >= 11 is 0. The molecule has 1 saturated heterocycles. The normalized spacial score (nSPS) is 42.5. The van der Waals surface area contributed by atoms with Crippen LogP contribution in [0.2, 0.25) is 0 Å². The summed E-state index contributed by atoms with van der Waals surface area (Å²) in [5, 5.41) is 3.30. The smallest absolute Gasteiger partial charge is 0.223 e. The summed E-state index contributed by atoms with van der Waals surface area (Å²) in [5.41, 5.74) is 0.399. The molecular formula is C17H28N2O. The Bertz CT molecular complexity index is 367. The van der Waals surface area contributed by atoms with Crippen LogP contribution in [0.4, 0.5) is 0 Å². The van der Waals surface area contributed by atoms with E-state index in [4.69, 9.17) is 0 Å². The number of amides is 1. The Morgan fingerprint density at radius 2 is 1.65 bits per heavy atom. The Balaban J connectivity index is 1.46. The van der Waals surface area contributed by atoms with Gasteiger partial charge < -0.3 is 10.2 Å². The molecule has 0 aromatic heterocycles. The van der Waals surface area contributed by atoms with Crippen molar-refractivity contribution in [2.24, 2.45) is 23.2 Å². The van der Waals surface area contributed by atoms with E-state index in [2.05, 4.69) is 17.1 Å². The Morgan fingerprint density at radius 1 is 1.10 bits per heavy atom. The minimum atomic E-state index is 0.399. The third-order valence-electron chi connectivity index (χ3n) is 6.55. The van der Waals surface area contributed by atoms with Gasteiger partial charge in [0, 0.05) is 26.1 Å². The fraction of sp³-hybridized carbons (Fsp3) is 0.941. The predicted octanol–water partition coefficient (Wildman–Crippen LogP) is 2.41. The van der Waals surface area contributed by atoms with Gasteiger partial charge >= 0.3 is 0 Å². The van der Waals surface area contributed by atoms with Gasteiger partial charge in [-0.25, -0.2) is 0 Å². The summed E-state index contributed by atoms with van der Waals surface area (Å²) in [6, 6.07) is 0.474. The lowest BCUT2D eigenvalue weighted by atomic mass is 9.49. The summed E-state index contributed by atoms with van der Waals surface area (Å²) in [4.78, 5) is 14.9. The van der Waals surface area contributed by atoms with Gasteiger partial charge in [0.2, 0.25) is 5.91 Å². The highest BCUT2D eigenvalue weighted by molar-refractivity contribution is 5.77. The van der Waals surface area contributed by atoms with E-state index in [1.54, 1.807) is 0 Å². The van der Waals surface area contributed by atoms with Crippen LogP contribution in [-0.2, 0) is 4.79 Å². The molecule has 3 nitrogen and oxygen atoms in total. The summed E-state index contributed by atoms with van der Waals surface area (Å²) in [5.74, 6) is 3.31. The number of rotatable bonds is 4. The molecule has 1 N–H and O–H groups in total. The largest absolute Gasteiger partial charge is 0.337 e. The van der Waals surface area contributed by atoms with Crippen LogP contribution in [0.5, 0.6) is 0 Å². The van der Waals surface area contributed by atoms with E-state index < -0.39 is 0 Å². The Labute approximate surface area is 122 Å². The zero-order chi connectivity index (χ0) is 13.7. The first-order valence-corrected chi connectivity index (χ1v) is 8.67. The van der Waals surface area contributed by atoms with Crippen LogP contribution in [0.15, 0.2) is 0 Å². The zero-order valence-electron chi connectivity index (χ0n) is 12.7. The number of nitrogens with one attached hydrogen (secondary N) is 1. The molecule has 0 aromatic carbocycles. The topological polar surface area (TPSA) is 32.3 Å². The van der Waals surface area contributed by atoms with Crippen LogP contribution >= 0.6 is 0 Å². The van der Waals surface area contributed by atoms with E-state index >= 15 is 0 Å². The number of likely N-dealkylation sites (N-methyl/N-ethyl adjacent to an activating group) is 1. The average Bonchev–Trinajstić information content (AvgIpc) is 2.30. The summed E-state index contributed by atoms with van der Waals surface area (Å²) in [6.45, 7) is 5.02. The molecule has 1 aliphatic heterocycles. The molecule has 1 amide bonds. The highest BCUT2D eigenvalue weighted by Gasteiger charge is 2.51. The highest BCUT2D eigenvalue weighted by atomic mass is 16.2. The second kappa shape index (κ2) is 4.72. The molecule has 112 valence electrons. The lowest BCUT2D eigenvalue weighted by Crippen LogP contribution is -2.59. The molecule has 4 aliphatic carbocycles. The Morgan fingerprint density at radius 3 is 2.05 bits per heavy atom. The first-order chi connectivity index (χ1) is 9.67. The molecule has 1 heterocycles. The second-order valence-corrected chi connectivity index (χ2v) is 8.09. The maximum absolute atomic E-state index is 12.8. The van der Waals surface area contributed by atoms with Crippen molar-refractivity contribution in [1.82, 2.24) is 10.2 Å². The molecule has 5 aliphatic rings. The van der Waals surface area contributed by atoms with Crippen molar-refractivity contribution < 1.29 is 4.79 Å². The Hall–Kier alpha value is -0.570. The number of hydrogen-bond donors (Lipinski definition) is 1. The number of carbonyl (C=O) groups is 1. The molecule has 0 spiro atoms. The van der Waals surface area contributed by atoms with Gasteiger partial charge in [-0.15, -0.1) is 0 Å². The van der Waals surface area contributed by atoms with E-state index in [1.807, 2.05) is 0 Å². The monoisotopic (exact) mass is 276 g/mol. The van der Waals surface area contributed by atoms with Crippen molar-refractivity contribution in [2.75, 3.05) is 19.6 Å². The number of carbonyl (C=O) groups excluding carboxylic acids is 1. The van der Waals surface area contributed by atoms with Crippen LogP contribution in [0, 0.1) is 23.2 Å². The fourth-order valence-electron chi connectivity index (χ4n) is 6.06. The molecule has 0 unspecified atom stereocenters. The van der Waals surface area contributed by atoms with Crippen molar-refractivity contribution in [3.8, 4) is 0 Å². The van der Waals surface area contributed by atoms with Crippen LogP contribution in [-0.4, -0.2) is 36.5 Å². The van der Waals surface area contributed by atoms with Crippen LogP contribution < -0.4 is 5.32 Å². The maximum Gasteiger partial charge on any atom is 0.223 e. The molecule has 5 fully saturated rings. The SMILES string of the molecule is CCN(C(=O)CC12CC3CC(CC(C3)C1)C2)C1CNC1. The van der Waals surface area contributed by atoms with Gasteiger partial charge in [-0.05, 0) is 68.6 Å². The minimum Gasteiger partial charge on any atom is -0.337 e. The minimum absolute atomic E-state index is 0.399. The van der Waals surface area contributed by atoms with Gasteiger partial charge in [0.1, 0.15) is 0 Å². The van der Waals surface area contributed by atoms with Crippen molar-refractivity contribution in [2.45, 2.75) is 57.9 Å². The van der Waals surface area contributed by atoms with E-state index in [0.29, 0.717) is 17.4 Å². The van der Waals surface area contributed by atoms with Crippen molar-refractivity contribution in [3.63, 3.8) is 0 Å². The van der Waals surface area contributed by atoms with Crippen molar-refractivity contribution in [3.05, 3.63) is 0 Å². The quantitative estimate of drug-likeness (QED) is 0.855. The summed E-state index contributed by atoms with van der Waals surface area (Å²) in [7, 11) is 0. The maximum atomic E-state index is 12.8. The van der Waals surface area contributed by atoms with Crippen LogP contribution in [0.3, 0.4) is 0 Å². The third kappa shape index (κ3) is 2.09. The van der Waals surface area contributed by atoms with Gasteiger partial charge in [-0.1, -0.05) is 0 Å².